The Hall–Kier alpha value is -3.68. The Morgan fingerprint density at radius 2 is 1.42 bits per heavy atom. The molecule has 1 aliphatic rings. The van der Waals surface area contributed by atoms with Crippen LogP contribution in [-0.2, 0) is 4.84 Å². The Morgan fingerprint density at radius 1 is 0.833 bits per heavy atom. The Morgan fingerprint density at radius 3 is 2.08 bits per heavy atom. The number of hydrogen-bond acceptors (Lipinski definition) is 7. The fourth-order valence-corrected chi connectivity index (χ4v) is 2.34. The lowest BCUT2D eigenvalue weighted by molar-refractivity contribution is -0.0593. The maximum atomic E-state index is 12.2. The summed E-state index contributed by atoms with van der Waals surface area (Å²) in [6, 6.07) is 13.0. The zero-order valence-corrected chi connectivity index (χ0v) is 12.0. The zero-order chi connectivity index (χ0) is 16.7. The molecule has 2 amide bonds. The molecule has 8 nitrogen and oxygen atoms in total. The molecule has 0 fully saturated rings. The van der Waals surface area contributed by atoms with E-state index in [0.717, 1.165) is 0 Å². The van der Waals surface area contributed by atoms with Crippen LogP contribution in [-0.4, -0.2) is 38.0 Å². The van der Waals surface area contributed by atoms with E-state index < -0.39 is 17.8 Å². The summed E-state index contributed by atoms with van der Waals surface area (Å²) in [5.74, 6) is -2.80. The smallest absolute Gasteiger partial charge is 0.321 e. The van der Waals surface area contributed by atoms with Gasteiger partial charge in [-0.1, -0.05) is 29.3 Å². The Balaban J connectivity index is 1.62. The number of aromatic nitrogens is 3. The van der Waals surface area contributed by atoms with E-state index in [9.17, 15) is 14.4 Å². The minimum atomic E-state index is -1.04. The van der Waals surface area contributed by atoms with Gasteiger partial charge in [0.15, 0.2) is 0 Å². The van der Waals surface area contributed by atoms with Crippen LogP contribution in [0.4, 0.5) is 0 Å². The van der Waals surface area contributed by atoms with Crippen LogP contribution in [0.25, 0.3) is 11.0 Å². The zero-order valence-electron chi connectivity index (χ0n) is 12.0. The summed E-state index contributed by atoms with van der Waals surface area (Å²) >= 11 is 0. The van der Waals surface area contributed by atoms with Crippen LogP contribution in [0.2, 0.25) is 0 Å². The fourth-order valence-electron chi connectivity index (χ4n) is 2.34. The van der Waals surface area contributed by atoms with E-state index in [0.29, 0.717) is 16.1 Å². The van der Waals surface area contributed by atoms with Crippen molar-refractivity contribution in [3.05, 3.63) is 65.5 Å². The van der Waals surface area contributed by atoms with Gasteiger partial charge in [0.1, 0.15) is 5.52 Å². The Labute approximate surface area is 134 Å². The number of hydrogen-bond donors (Lipinski definition) is 0. The Bertz CT molecular complexity index is 983. The summed E-state index contributed by atoms with van der Waals surface area (Å²) in [7, 11) is 0. The number of hydroxylamine groups is 2. The van der Waals surface area contributed by atoms with Gasteiger partial charge in [0, 0.05) is 0 Å². The molecule has 0 saturated carbocycles. The molecule has 1 aromatic heterocycles. The standard InChI is InChI=1S/C16H8N4O4/c21-14-9-5-1-2-6-10(9)15(22)20(14)24-16(23)13-17-11-7-3-4-8-12(11)18-19-13/h1-8H. The molecule has 3 aromatic rings. The number of benzene rings is 2. The summed E-state index contributed by atoms with van der Waals surface area (Å²) in [4.78, 5) is 45.4. The minimum Gasteiger partial charge on any atom is -0.321 e. The number of para-hydroxylation sites is 1. The number of nitrogens with zero attached hydrogens (tertiary/aromatic N) is 4. The van der Waals surface area contributed by atoms with Crippen LogP contribution in [0.1, 0.15) is 31.3 Å². The van der Waals surface area contributed by atoms with Gasteiger partial charge in [-0.3, -0.25) is 9.59 Å². The van der Waals surface area contributed by atoms with E-state index in [-0.39, 0.29) is 17.0 Å². The number of amides is 2. The highest BCUT2D eigenvalue weighted by molar-refractivity contribution is 6.21. The first-order valence-electron chi connectivity index (χ1n) is 6.95. The number of imide groups is 1. The highest BCUT2D eigenvalue weighted by atomic mass is 16.7. The van der Waals surface area contributed by atoms with Crippen molar-refractivity contribution in [2.45, 2.75) is 0 Å². The normalized spacial score (nSPS) is 13.2. The van der Waals surface area contributed by atoms with Crippen LogP contribution in [0.3, 0.4) is 0 Å². The largest absolute Gasteiger partial charge is 0.403 e. The molecule has 2 aromatic carbocycles. The van der Waals surface area contributed by atoms with Gasteiger partial charge in [-0.2, -0.15) is 0 Å². The van der Waals surface area contributed by atoms with E-state index in [1.165, 1.54) is 12.1 Å². The Kier molecular flexibility index (Phi) is 3.02. The molecule has 8 heteroatoms. The molecule has 0 atom stereocenters. The van der Waals surface area contributed by atoms with Gasteiger partial charge in [-0.25, -0.2) is 9.78 Å². The van der Waals surface area contributed by atoms with Crippen LogP contribution in [0.15, 0.2) is 48.5 Å². The number of carbonyl (C=O) groups excluding carboxylic acids is 3. The third-order valence-electron chi connectivity index (χ3n) is 3.47. The first-order chi connectivity index (χ1) is 11.6. The number of carbonyl (C=O) groups is 3. The van der Waals surface area contributed by atoms with E-state index in [1.54, 1.807) is 36.4 Å². The quantitative estimate of drug-likeness (QED) is 0.657. The second kappa shape index (κ2) is 5.20. The van der Waals surface area contributed by atoms with E-state index in [4.69, 9.17) is 4.84 Å². The first-order valence-corrected chi connectivity index (χ1v) is 6.95. The summed E-state index contributed by atoms with van der Waals surface area (Å²) in [5, 5.41) is 7.92. The molecule has 0 bridgehead atoms. The van der Waals surface area contributed by atoms with Crippen molar-refractivity contribution in [2.75, 3.05) is 0 Å². The predicted molar refractivity (Wildman–Crippen MR) is 79.7 cm³/mol. The maximum Gasteiger partial charge on any atom is 0.403 e. The predicted octanol–water partition coefficient (Wildman–Crippen LogP) is 1.39. The van der Waals surface area contributed by atoms with Crippen molar-refractivity contribution in [1.82, 2.24) is 20.2 Å². The van der Waals surface area contributed by atoms with E-state index >= 15 is 0 Å². The summed E-state index contributed by atoms with van der Waals surface area (Å²) in [6.07, 6.45) is 0. The molecule has 1 aliphatic heterocycles. The van der Waals surface area contributed by atoms with Crippen molar-refractivity contribution >= 4 is 28.8 Å². The van der Waals surface area contributed by atoms with Gasteiger partial charge in [-0.15, -0.1) is 10.2 Å². The van der Waals surface area contributed by atoms with Crippen LogP contribution in [0.5, 0.6) is 0 Å². The SMILES string of the molecule is O=C(ON1C(=O)c2ccccc2C1=O)c1nnc2ccccc2n1. The molecule has 0 radical (unpaired) electrons. The van der Waals surface area contributed by atoms with Crippen molar-refractivity contribution < 1.29 is 19.2 Å². The van der Waals surface area contributed by atoms with Crippen molar-refractivity contribution in [3.8, 4) is 0 Å². The number of fused-ring (bicyclic) bond motifs is 2. The minimum absolute atomic E-state index is 0.174. The maximum absolute atomic E-state index is 12.2. The molecule has 116 valence electrons. The molecule has 0 unspecified atom stereocenters. The lowest BCUT2D eigenvalue weighted by Gasteiger charge is -2.11. The summed E-state index contributed by atoms with van der Waals surface area (Å²) in [6.45, 7) is 0. The average molecular weight is 320 g/mol. The molecular formula is C16H8N4O4. The van der Waals surface area contributed by atoms with E-state index in [2.05, 4.69) is 15.2 Å². The highest BCUT2D eigenvalue weighted by Crippen LogP contribution is 2.23. The molecule has 24 heavy (non-hydrogen) atoms. The summed E-state index contributed by atoms with van der Waals surface area (Å²) in [5.41, 5.74) is 1.30. The lowest BCUT2D eigenvalue weighted by atomic mass is 10.1. The monoisotopic (exact) mass is 320 g/mol. The highest BCUT2D eigenvalue weighted by Gasteiger charge is 2.39. The van der Waals surface area contributed by atoms with Crippen LogP contribution < -0.4 is 0 Å². The van der Waals surface area contributed by atoms with Gasteiger partial charge in [0.25, 0.3) is 17.6 Å². The van der Waals surface area contributed by atoms with Gasteiger partial charge in [-0.05, 0) is 24.3 Å². The van der Waals surface area contributed by atoms with Gasteiger partial charge in [0.2, 0.25) is 0 Å². The molecule has 4 rings (SSSR count). The van der Waals surface area contributed by atoms with Crippen LogP contribution >= 0.6 is 0 Å². The second-order valence-electron chi connectivity index (χ2n) is 4.95. The van der Waals surface area contributed by atoms with Crippen molar-refractivity contribution in [2.24, 2.45) is 0 Å². The molecular weight excluding hydrogens is 312 g/mol. The van der Waals surface area contributed by atoms with Crippen molar-refractivity contribution in [3.63, 3.8) is 0 Å². The van der Waals surface area contributed by atoms with Gasteiger partial charge in [0.05, 0.1) is 16.6 Å². The second-order valence-corrected chi connectivity index (χ2v) is 4.95. The van der Waals surface area contributed by atoms with E-state index in [1.807, 2.05) is 0 Å². The average Bonchev–Trinajstić information content (AvgIpc) is 2.86. The van der Waals surface area contributed by atoms with Gasteiger partial charge < -0.3 is 4.84 Å². The molecule has 2 heterocycles. The molecule has 0 aliphatic carbocycles. The first kappa shape index (κ1) is 13.9. The van der Waals surface area contributed by atoms with Crippen LogP contribution in [0, 0.1) is 0 Å². The topological polar surface area (TPSA) is 102 Å². The third-order valence-corrected chi connectivity index (χ3v) is 3.47. The molecule has 0 N–H and O–H groups in total. The van der Waals surface area contributed by atoms with Gasteiger partial charge >= 0.3 is 5.97 Å². The van der Waals surface area contributed by atoms with Crippen molar-refractivity contribution in [1.29, 1.82) is 0 Å². The molecule has 0 saturated heterocycles. The fraction of sp³-hybridized carbons (Fsp3) is 0. The number of rotatable bonds is 2. The lowest BCUT2D eigenvalue weighted by Crippen LogP contribution is -2.33. The summed E-state index contributed by atoms with van der Waals surface area (Å²) < 4.78 is 0. The molecule has 0 spiro atoms. The third kappa shape index (κ3) is 2.09.